The van der Waals surface area contributed by atoms with Gasteiger partial charge in [0, 0.05) is 25.7 Å². The Labute approximate surface area is 95.3 Å². The Kier molecular flexibility index (Phi) is 3.93. The Hall–Kier alpha value is -1.52. The van der Waals surface area contributed by atoms with Gasteiger partial charge in [-0.2, -0.15) is 0 Å². The van der Waals surface area contributed by atoms with Crippen molar-refractivity contribution < 1.29 is 14.7 Å². The third-order valence-corrected chi connectivity index (χ3v) is 2.70. The number of carboxylic acid groups (broad SMARTS) is 1. The predicted octanol–water partition coefficient (Wildman–Crippen LogP) is 1.02. The molecule has 16 heavy (non-hydrogen) atoms. The van der Waals surface area contributed by atoms with Crippen molar-refractivity contribution >= 4 is 12.0 Å². The fraction of sp³-hybridized carbons (Fsp3) is 0.636. The van der Waals surface area contributed by atoms with Crippen molar-refractivity contribution in [1.29, 1.82) is 0 Å². The van der Waals surface area contributed by atoms with Crippen molar-refractivity contribution in [2.75, 3.05) is 19.6 Å². The Morgan fingerprint density at radius 1 is 1.56 bits per heavy atom. The van der Waals surface area contributed by atoms with Crippen LogP contribution < -0.4 is 0 Å². The molecule has 2 amide bonds. The molecule has 1 saturated heterocycles. The van der Waals surface area contributed by atoms with E-state index in [1.165, 1.54) is 0 Å². The molecule has 1 rings (SSSR count). The van der Waals surface area contributed by atoms with E-state index in [1.54, 1.807) is 15.9 Å². The molecule has 1 fully saturated rings. The van der Waals surface area contributed by atoms with Gasteiger partial charge in [0.2, 0.25) is 0 Å². The van der Waals surface area contributed by atoms with Crippen LogP contribution in [0.5, 0.6) is 0 Å². The minimum atomic E-state index is -0.830. The van der Waals surface area contributed by atoms with Gasteiger partial charge >= 0.3 is 12.0 Å². The first-order chi connectivity index (χ1) is 7.47. The molecule has 0 aromatic carbocycles. The van der Waals surface area contributed by atoms with Crippen LogP contribution in [-0.4, -0.2) is 52.6 Å². The van der Waals surface area contributed by atoms with Gasteiger partial charge < -0.3 is 14.9 Å². The molecule has 0 spiro atoms. The third-order valence-electron chi connectivity index (χ3n) is 2.70. The first-order valence-corrected chi connectivity index (χ1v) is 5.36. The van der Waals surface area contributed by atoms with E-state index in [-0.39, 0.29) is 12.1 Å². The van der Waals surface area contributed by atoms with E-state index in [4.69, 9.17) is 5.11 Å². The zero-order chi connectivity index (χ0) is 12.3. The van der Waals surface area contributed by atoms with Crippen LogP contribution in [0.15, 0.2) is 12.7 Å². The van der Waals surface area contributed by atoms with E-state index < -0.39 is 11.9 Å². The highest BCUT2D eigenvalue weighted by atomic mass is 16.4. The molecule has 0 bridgehead atoms. The van der Waals surface area contributed by atoms with Gasteiger partial charge in [0.05, 0.1) is 5.92 Å². The van der Waals surface area contributed by atoms with Gasteiger partial charge in [-0.05, 0) is 13.8 Å². The summed E-state index contributed by atoms with van der Waals surface area (Å²) in [6, 6.07) is -0.0122. The van der Waals surface area contributed by atoms with Gasteiger partial charge in [0.25, 0.3) is 0 Å². The molecule has 1 N–H and O–H groups in total. The summed E-state index contributed by atoms with van der Waals surface area (Å²) in [5.74, 6) is -1.23. The number of carbonyl (C=O) groups is 2. The monoisotopic (exact) mass is 226 g/mol. The summed E-state index contributed by atoms with van der Waals surface area (Å²) < 4.78 is 0. The summed E-state index contributed by atoms with van der Waals surface area (Å²) >= 11 is 0. The fourth-order valence-corrected chi connectivity index (χ4v) is 1.62. The van der Waals surface area contributed by atoms with Crippen LogP contribution >= 0.6 is 0 Å². The molecule has 1 heterocycles. The number of urea groups is 1. The SMILES string of the molecule is C=CCN(C(=O)N1CC(C(=O)O)C1)C(C)C. The summed E-state index contributed by atoms with van der Waals surface area (Å²) in [6.45, 7) is 8.58. The summed E-state index contributed by atoms with van der Waals surface area (Å²) in [7, 11) is 0. The molecule has 0 atom stereocenters. The molecule has 0 aromatic heterocycles. The molecule has 0 saturated carbocycles. The summed E-state index contributed by atoms with van der Waals surface area (Å²) in [5, 5.41) is 8.72. The molecule has 5 nitrogen and oxygen atoms in total. The number of hydrogen-bond acceptors (Lipinski definition) is 2. The average molecular weight is 226 g/mol. The minimum absolute atomic E-state index is 0.0920. The molecule has 5 heteroatoms. The fourth-order valence-electron chi connectivity index (χ4n) is 1.62. The zero-order valence-corrected chi connectivity index (χ0v) is 9.72. The second kappa shape index (κ2) is 5.01. The van der Waals surface area contributed by atoms with E-state index in [2.05, 4.69) is 6.58 Å². The molecule has 0 aromatic rings. The van der Waals surface area contributed by atoms with Gasteiger partial charge in [-0.15, -0.1) is 6.58 Å². The molecule has 0 unspecified atom stereocenters. The highest BCUT2D eigenvalue weighted by molar-refractivity contribution is 5.80. The third kappa shape index (κ3) is 2.53. The number of carbonyl (C=O) groups excluding carboxylic acids is 1. The van der Waals surface area contributed by atoms with Gasteiger partial charge in [0.15, 0.2) is 0 Å². The molecular formula is C11H18N2O3. The number of likely N-dealkylation sites (tertiary alicyclic amines) is 1. The van der Waals surface area contributed by atoms with Crippen LogP contribution in [0.1, 0.15) is 13.8 Å². The number of amides is 2. The van der Waals surface area contributed by atoms with E-state index >= 15 is 0 Å². The Balaban J connectivity index is 2.51. The van der Waals surface area contributed by atoms with E-state index in [0.717, 1.165) is 0 Å². The van der Waals surface area contributed by atoms with Crippen LogP contribution in [0.2, 0.25) is 0 Å². The molecule has 1 aliphatic heterocycles. The largest absolute Gasteiger partial charge is 0.481 e. The molecular weight excluding hydrogens is 208 g/mol. The lowest BCUT2D eigenvalue weighted by atomic mass is 10.0. The number of nitrogens with zero attached hydrogens (tertiary/aromatic N) is 2. The van der Waals surface area contributed by atoms with Gasteiger partial charge in [-0.1, -0.05) is 6.08 Å². The first-order valence-electron chi connectivity index (χ1n) is 5.36. The van der Waals surface area contributed by atoms with Crippen LogP contribution in [0.25, 0.3) is 0 Å². The summed E-state index contributed by atoms with van der Waals surface area (Å²) in [5.41, 5.74) is 0. The lowest BCUT2D eigenvalue weighted by molar-refractivity contribution is -0.146. The number of aliphatic carboxylic acids is 1. The van der Waals surface area contributed by atoms with Gasteiger partial charge in [-0.3, -0.25) is 4.79 Å². The maximum absolute atomic E-state index is 11.9. The van der Waals surface area contributed by atoms with Crippen molar-refractivity contribution in [1.82, 2.24) is 9.80 Å². The maximum atomic E-state index is 11.9. The Bertz CT molecular complexity index is 296. The quantitative estimate of drug-likeness (QED) is 0.728. The van der Waals surface area contributed by atoms with Crippen molar-refractivity contribution in [3.05, 3.63) is 12.7 Å². The van der Waals surface area contributed by atoms with Crippen LogP contribution in [-0.2, 0) is 4.79 Å². The van der Waals surface area contributed by atoms with Gasteiger partial charge in [-0.25, -0.2) is 4.79 Å². The van der Waals surface area contributed by atoms with Crippen LogP contribution in [0, 0.1) is 5.92 Å². The average Bonchev–Trinajstić information content (AvgIpc) is 2.10. The summed E-state index contributed by atoms with van der Waals surface area (Å²) in [4.78, 5) is 25.8. The smallest absolute Gasteiger partial charge is 0.320 e. The highest BCUT2D eigenvalue weighted by Crippen LogP contribution is 2.18. The maximum Gasteiger partial charge on any atom is 0.320 e. The molecule has 0 radical (unpaired) electrons. The van der Waals surface area contributed by atoms with Crippen LogP contribution in [0.3, 0.4) is 0 Å². The lowest BCUT2D eigenvalue weighted by Gasteiger charge is -2.40. The first kappa shape index (κ1) is 12.5. The standard InChI is InChI=1S/C11H18N2O3/c1-4-5-13(8(2)3)11(16)12-6-9(7-12)10(14)15/h4,8-9H,1,5-7H2,2-3H3,(H,14,15). The van der Waals surface area contributed by atoms with E-state index in [9.17, 15) is 9.59 Å². The Morgan fingerprint density at radius 2 is 2.12 bits per heavy atom. The van der Waals surface area contributed by atoms with Crippen molar-refractivity contribution in [3.8, 4) is 0 Å². The molecule has 1 aliphatic rings. The topological polar surface area (TPSA) is 60.9 Å². The van der Waals surface area contributed by atoms with Crippen molar-refractivity contribution in [2.45, 2.75) is 19.9 Å². The van der Waals surface area contributed by atoms with E-state index in [1.807, 2.05) is 13.8 Å². The highest BCUT2D eigenvalue weighted by Gasteiger charge is 2.37. The predicted molar refractivity (Wildman–Crippen MR) is 60.1 cm³/mol. The van der Waals surface area contributed by atoms with Crippen molar-refractivity contribution in [3.63, 3.8) is 0 Å². The second-order valence-corrected chi connectivity index (χ2v) is 4.26. The van der Waals surface area contributed by atoms with Crippen molar-refractivity contribution in [2.24, 2.45) is 5.92 Å². The minimum Gasteiger partial charge on any atom is -0.481 e. The van der Waals surface area contributed by atoms with Crippen LogP contribution in [0.4, 0.5) is 4.79 Å². The molecule has 0 aliphatic carbocycles. The number of rotatable bonds is 4. The molecule has 90 valence electrons. The number of hydrogen-bond donors (Lipinski definition) is 1. The zero-order valence-electron chi connectivity index (χ0n) is 9.72. The second-order valence-electron chi connectivity index (χ2n) is 4.26. The van der Waals surface area contributed by atoms with Gasteiger partial charge in [0.1, 0.15) is 0 Å². The van der Waals surface area contributed by atoms with E-state index in [0.29, 0.717) is 19.6 Å². The normalized spacial score (nSPS) is 15.8. The summed E-state index contributed by atoms with van der Waals surface area (Å²) in [6.07, 6.45) is 1.67. The Morgan fingerprint density at radius 3 is 2.50 bits per heavy atom. The lowest BCUT2D eigenvalue weighted by Crippen LogP contribution is -2.58. The number of carboxylic acids is 1.